The van der Waals surface area contributed by atoms with Gasteiger partial charge in [-0.3, -0.25) is 4.79 Å². The highest BCUT2D eigenvalue weighted by Crippen LogP contribution is 2.15. The summed E-state index contributed by atoms with van der Waals surface area (Å²) in [7, 11) is 0. The fourth-order valence-corrected chi connectivity index (χ4v) is 2.74. The van der Waals surface area contributed by atoms with Crippen LogP contribution in [0.2, 0.25) is 0 Å². The van der Waals surface area contributed by atoms with Crippen molar-refractivity contribution in [2.45, 2.75) is 19.9 Å². The summed E-state index contributed by atoms with van der Waals surface area (Å²) in [5.41, 5.74) is 1.97. The Bertz CT molecular complexity index is 897. The van der Waals surface area contributed by atoms with Crippen LogP contribution in [-0.4, -0.2) is 32.7 Å². The molecule has 0 aliphatic heterocycles. The Kier molecular flexibility index (Phi) is 5.96. The minimum Gasteiger partial charge on any atom is -0.484 e. The summed E-state index contributed by atoms with van der Waals surface area (Å²) in [5, 5.41) is 14.4. The van der Waals surface area contributed by atoms with Crippen LogP contribution in [0.3, 0.4) is 0 Å². The molecule has 0 unspecified atom stereocenters. The second-order valence-corrected chi connectivity index (χ2v) is 6.47. The average molecular weight is 416 g/mol. The molecular formula is C18H18BrN5O2. The number of rotatable bonds is 7. The van der Waals surface area contributed by atoms with Gasteiger partial charge in [0.25, 0.3) is 5.91 Å². The molecule has 0 aliphatic carbocycles. The maximum absolute atomic E-state index is 12.0. The first-order chi connectivity index (χ1) is 12.7. The highest BCUT2D eigenvalue weighted by atomic mass is 79.9. The van der Waals surface area contributed by atoms with Gasteiger partial charge >= 0.3 is 0 Å². The number of halogens is 1. The van der Waals surface area contributed by atoms with E-state index < -0.39 is 0 Å². The van der Waals surface area contributed by atoms with Crippen molar-refractivity contribution in [3.05, 3.63) is 64.4 Å². The number of carbonyl (C=O) groups excluding carboxylic acids is 1. The zero-order valence-electron chi connectivity index (χ0n) is 14.2. The van der Waals surface area contributed by atoms with Gasteiger partial charge in [-0.1, -0.05) is 41.1 Å². The quantitative estimate of drug-likeness (QED) is 0.641. The molecule has 3 rings (SSSR count). The molecule has 0 saturated carbocycles. The number of carbonyl (C=O) groups is 1. The average Bonchev–Trinajstić information content (AvgIpc) is 3.13. The first-order valence-electron chi connectivity index (χ1n) is 8.17. The molecule has 134 valence electrons. The predicted octanol–water partition coefficient (Wildman–Crippen LogP) is 2.68. The molecule has 1 N–H and O–H groups in total. The van der Waals surface area contributed by atoms with Gasteiger partial charge in [0.05, 0.1) is 12.2 Å². The zero-order valence-corrected chi connectivity index (χ0v) is 15.8. The maximum Gasteiger partial charge on any atom is 0.258 e. The van der Waals surface area contributed by atoms with Gasteiger partial charge in [0.15, 0.2) is 12.4 Å². The number of hydrogen-bond donors (Lipinski definition) is 1. The van der Waals surface area contributed by atoms with Gasteiger partial charge in [-0.15, -0.1) is 5.10 Å². The van der Waals surface area contributed by atoms with Gasteiger partial charge in [-0.05, 0) is 52.7 Å². The van der Waals surface area contributed by atoms with Crippen molar-refractivity contribution >= 4 is 21.8 Å². The second kappa shape index (κ2) is 8.57. The van der Waals surface area contributed by atoms with Crippen LogP contribution in [-0.2, 0) is 17.8 Å². The van der Waals surface area contributed by atoms with E-state index in [-0.39, 0.29) is 19.1 Å². The molecule has 0 bridgehead atoms. The Labute approximate surface area is 159 Å². The van der Waals surface area contributed by atoms with Crippen LogP contribution in [0, 0.1) is 0 Å². The molecule has 0 saturated heterocycles. The van der Waals surface area contributed by atoms with Crippen LogP contribution < -0.4 is 10.1 Å². The lowest BCUT2D eigenvalue weighted by atomic mass is 10.2. The third-order valence-corrected chi connectivity index (χ3v) is 4.20. The number of benzene rings is 2. The summed E-state index contributed by atoms with van der Waals surface area (Å²) in [4.78, 5) is 12.0. The third kappa shape index (κ3) is 4.66. The standard InChI is InChI=1S/C18H18BrN5O2/c1-2-13-5-3-8-16(9-13)26-12-18(25)20-11-17-21-22-23-24(17)15-7-4-6-14(19)10-15/h3-10H,2,11-12H2,1H3,(H,20,25). The van der Waals surface area contributed by atoms with E-state index in [0.29, 0.717) is 11.6 Å². The van der Waals surface area contributed by atoms with Crippen LogP contribution in [0.5, 0.6) is 5.75 Å². The predicted molar refractivity (Wildman–Crippen MR) is 100 cm³/mol. The maximum atomic E-state index is 12.0. The number of nitrogens with one attached hydrogen (secondary N) is 1. The molecule has 1 heterocycles. The number of ether oxygens (including phenoxy) is 1. The van der Waals surface area contributed by atoms with Crippen molar-refractivity contribution in [3.63, 3.8) is 0 Å². The Hall–Kier alpha value is -2.74. The normalized spacial score (nSPS) is 10.5. The molecule has 0 spiro atoms. The van der Waals surface area contributed by atoms with Gasteiger partial charge in [0.2, 0.25) is 0 Å². The molecule has 2 aromatic carbocycles. The van der Waals surface area contributed by atoms with Crippen molar-refractivity contribution in [2.24, 2.45) is 0 Å². The van der Waals surface area contributed by atoms with Crippen molar-refractivity contribution < 1.29 is 9.53 Å². The lowest BCUT2D eigenvalue weighted by molar-refractivity contribution is -0.123. The second-order valence-electron chi connectivity index (χ2n) is 5.55. The van der Waals surface area contributed by atoms with E-state index in [1.807, 2.05) is 48.5 Å². The third-order valence-electron chi connectivity index (χ3n) is 3.71. The summed E-state index contributed by atoms with van der Waals surface area (Å²) in [6, 6.07) is 15.3. The van der Waals surface area contributed by atoms with E-state index >= 15 is 0 Å². The molecular weight excluding hydrogens is 398 g/mol. The van der Waals surface area contributed by atoms with E-state index in [1.165, 1.54) is 0 Å². The number of nitrogens with zero attached hydrogens (tertiary/aromatic N) is 4. The van der Waals surface area contributed by atoms with Crippen LogP contribution in [0.15, 0.2) is 53.0 Å². The van der Waals surface area contributed by atoms with E-state index in [9.17, 15) is 4.79 Å². The summed E-state index contributed by atoms with van der Waals surface area (Å²) < 4.78 is 8.03. The Balaban J connectivity index is 1.56. The van der Waals surface area contributed by atoms with Crippen LogP contribution in [0.1, 0.15) is 18.3 Å². The molecule has 26 heavy (non-hydrogen) atoms. The lowest BCUT2D eigenvalue weighted by Gasteiger charge is -2.09. The van der Waals surface area contributed by atoms with Gasteiger partial charge in [0.1, 0.15) is 5.75 Å². The van der Waals surface area contributed by atoms with Crippen LogP contribution >= 0.6 is 15.9 Å². The van der Waals surface area contributed by atoms with Crippen LogP contribution in [0.4, 0.5) is 0 Å². The molecule has 0 atom stereocenters. The Morgan fingerprint density at radius 1 is 1.23 bits per heavy atom. The molecule has 8 heteroatoms. The van der Waals surface area contributed by atoms with Crippen LogP contribution in [0.25, 0.3) is 5.69 Å². The summed E-state index contributed by atoms with van der Waals surface area (Å²) in [6.45, 7) is 2.21. The van der Waals surface area contributed by atoms with Crippen molar-refractivity contribution in [1.29, 1.82) is 0 Å². The number of amides is 1. The summed E-state index contributed by atoms with van der Waals surface area (Å²) >= 11 is 3.42. The zero-order chi connectivity index (χ0) is 18.4. The van der Waals surface area contributed by atoms with E-state index in [0.717, 1.165) is 22.1 Å². The minimum absolute atomic E-state index is 0.0639. The largest absolute Gasteiger partial charge is 0.484 e. The summed E-state index contributed by atoms with van der Waals surface area (Å²) in [5.74, 6) is 0.971. The number of hydrogen-bond acceptors (Lipinski definition) is 5. The highest BCUT2D eigenvalue weighted by molar-refractivity contribution is 9.10. The summed E-state index contributed by atoms with van der Waals surface area (Å²) in [6.07, 6.45) is 0.918. The highest BCUT2D eigenvalue weighted by Gasteiger charge is 2.10. The Morgan fingerprint density at radius 3 is 2.88 bits per heavy atom. The number of aryl methyl sites for hydroxylation is 1. The fraction of sp³-hybridized carbons (Fsp3) is 0.222. The number of tetrazole rings is 1. The topological polar surface area (TPSA) is 81.9 Å². The number of aromatic nitrogens is 4. The molecule has 7 nitrogen and oxygen atoms in total. The SMILES string of the molecule is CCc1cccc(OCC(=O)NCc2nnnn2-c2cccc(Br)c2)c1. The van der Waals surface area contributed by atoms with E-state index in [2.05, 4.69) is 43.7 Å². The van der Waals surface area contributed by atoms with Gasteiger partial charge in [0, 0.05) is 4.47 Å². The van der Waals surface area contributed by atoms with Crippen molar-refractivity contribution in [1.82, 2.24) is 25.5 Å². The van der Waals surface area contributed by atoms with Gasteiger partial charge < -0.3 is 10.1 Å². The first-order valence-corrected chi connectivity index (χ1v) is 8.96. The van der Waals surface area contributed by atoms with Crippen molar-refractivity contribution in [2.75, 3.05) is 6.61 Å². The van der Waals surface area contributed by atoms with E-state index in [1.54, 1.807) is 4.68 Å². The lowest BCUT2D eigenvalue weighted by Crippen LogP contribution is -2.29. The van der Waals surface area contributed by atoms with E-state index in [4.69, 9.17) is 4.74 Å². The van der Waals surface area contributed by atoms with Gasteiger partial charge in [-0.2, -0.15) is 4.68 Å². The monoisotopic (exact) mass is 415 g/mol. The molecule has 0 fully saturated rings. The van der Waals surface area contributed by atoms with Crippen molar-refractivity contribution in [3.8, 4) is 11.4 Å². The molecule has 0 aliphatic rings. The smallest absolute Gasteiger partial charge is 0.258 e. The Morgan fingerprint density at radius 2 is 2.08 bits per heavy atom. The molecule has 1 aromatic heterocycles. The first kappa shape index (κ1) is 18.1. The molecule has 3 aromatic rings. The fourth-order valence-electron chi connectivity index (χ4n) is 2.36. The molecule has 0 radical (unpaired) electrons. The van der Waals surface area contributed by atoms with Gasteiger partial charge in [-0.25, -0.2) is 0 Å². The minimum atomic E-state index is -0.240. The molecule has 1 amide bonds.